The molecule has 0 saturated carbocycles. The number of hydrogen-bond donors (Lipinski definition) is 6. The summed E-state index contributed by atoms with van der Waals surface area (Å²) in [5.74, 6) is 0.441. The molecular weight excluding hydrogens is 686 g/mol. The van der Waals surface area contributed by atoms with E-state index in [9.17, 15) is 14.4 Å². The molecule has 0 radical (unpaired) electrons. The molecule has 0 aliphatic heterocycles. The summed E-state index contributed by atoms with van der Waals surface area (Å²) in [7, 11) is 6.23. The molecule has 3 amide bonds. The average Bonchev–Trinajstić information content (AvgIpc) is 3.13. The number of amides is 3. The summed E-state index contributed by atoms with van der Waals surface area (Å²) in [6.45, 7) is 16.2. The van der Waals surface area contributed by atoms with Gasteiger partial charge < -0.3 is 37.1 Å². The average molecular weight is 745 g/mol. The second-order valence-electron chi connectivity index (χ2n) is 12.8. The monoisotopic (exact) mass is 744 g/mol. The molecule has 2 aromatic rings. The number of carbonyl (C=O) groups is 3. The zero-order valence-corrected chi connectivity index (χ0v) is 33.8. The Hall–Kier alpha value is -4.74. The molecule has 0 bridgehead atoms. The van der Waals surface area contributed by atoms with E-state index in [1.165, 1.54) is 0 Å². The van der Waals surface area contributed by atoms with Crippen LogP contribution in [0.5, 0.6) is 5.75 Å². The summed E-state index contributed by atoms with van der Waals surface area (Å²) < 4.78 is 5.46. The number of nitrogens with one attached hydrogen (secondary N) is 5. The molecule has 3 atom stereocenters. The Morgan fingerprint density at radius 1 is 1.04 bits per heavy atom. The zero-order chi connectivity index (χ0) is 39.5. The van der Waals surface area contributed by atoms with Crippen LogP contribution in [0.25, 0.3) is 5.57 Å². The maximum atomic E-state index is 13.2. The van der Waals surface area contributed by atoms with Crippen LogP contribution < -0.4 is 42.4 Å². The molecular formula is C39H58BN8O4P. The molecule has 0 aliphatic rings. The lowest BCUT2D eigenvalue weighted by Gasteiger charge is -2.20. The van der Waals surface area contributed by atoms with Gasteiger partial charge in [0.2, 0.25) is 11.8 Å². The highest BCUT2D eigenvalue weighted by atomic mass is 31.0. The van der Waals surface area contributed by atoms with Crippen LogP contribution in [-0.2, 0) is 16.0 Å². The van der Waals surface area contributed by atoms with Crippen LogP contribution in [0.1, 0.15) is 80.9 Å². The van der Waals surface area contributed by atoms with Gasteiger partial charge in [-0.3, -0.25) is 19.4 Å². The van der Waals surface area contributed by atoms with Gasteiger partial charge in [-0.25, -0.2) is 4.99 Å². The van der Waals surface area contributed by atoms with Crippen LogP contribution >= 0.6 is 9.24 Å². The van der Waals surface area contributed by atoms with Gasteiger partial charge in [-0.1, -0.05) is 39.0 Å². The van der Waals surface area contributed by atoms with E-state index in [2.05, 4.69) is 49.3 Å². The van der Waals surface area contributed by atoms with Crippen molar-refractivity contribution in [2.75, 3.05) is 32.1 Å². The highest BCUT2D eigenvalue weighted by Gasteiger charge is 2.22. The molecule has 0 saturated heterocycles. The van der Waals surface area contributed by atoms with Crippen molar-refractivity contribution in [3.8, 4) is 5.75 Å². The van der Waals surface area contributed by atoms with Crippen molar-refractivity contribution in [2.45, 2.75) is 79.3 Å². The molecule has 14 heteroatoms. The summed E-state index contributed by atoms with van der Waals surface area (Å²) in [6.07, 6.45) is 8.71. The van der Waals surface area contributed by atoms with Crippen molar-refractivity contribution < 1.29 is 19.1 Å². The Morgan fingerprint density at radius 3 is 2.38 bits per heavy atom. The van der Waals surface area contributed by atoms with E-state index >= 15 is 0 Å². The predicted octanol–water partition coefficient (Wildman–Crippen LogP) is 3.47. The Bertz CT molecular complexity index is 1720. The fourth-order valence-corrected chi connectivity index (χ4v) is 5.48. The number of rotatable bonds is 20. The topological polar surface area (TPSA) is 171 Å². The number of nitrogens with zero attached hydrogens (tertiary/aromatic N) is 2. The second kappa shape index (κ2) is 23.0. The van der Waals surface area contributed by atoms with Gasteiger partial charge in [-0.2, -0.15) is 0 Å². The number of ether oxygens (including phenoxy) is 1. The number of methoxy groups -OCH3 is 1. The fourth-order valence-electron chi connectivity index (χ4n) is 5.01. The van der Waals surface area contributed by atoms with Crippen molar-refractivity contribution in [2.24, 2.45) is 15.7 Å². The smallest absolute Gasteiger partial charge is 0.251 e. The summed E-state index contributed by atoms with van der Waals surface area (Å²) in [4.78, 5) is 47.5. The van der Waals surface area contributed by atoms with Gasteiger partial charge in [0.15, 0.2) is 13.7 Å². The molecule has 286 valence electrons. The summed E-state index contributed by atoms with van der Waals surface area (Å²) in [6, 6.07) is 8.02. The number of allylic oxidation sites excluding steroid dienone is 2. The number of carbonyl (C=O) groups excluding carboxylic acids is 3. The minimum atomic E-state index is -0.820. The first kappa shape index (κ1) is 44.4. The van der Waals surface area contributed by atoms with Crippen molar-refractivity contribution >= 4 is 62.9 Å². The standard InChI is InChI=1S/C39H58BN8O4P/c1-9-11-12-18-42-36(27(6)45-22-24(3)31-16-17-34(52-8)25(4)35(31)53)47-30-14-15-32(29(10-2)21-30)38(50)43-19-13-20-44-39(51)33(23-46-28(7)40)48-37(49)26(5)41/h12,14-18,21-22,26,33,46H,7,9-11,13,19-20,23,40-41,53H2,1-6,8H3,(H,42,47)(H,43,50)(H,44,51)(H,48,49)/b18-12-,24-22+,45-27+. The number of nitrogens with two attached hydrogens (primary N) is 1. The van der Waals surface area contributed by atoms with Crippen molar-refractivity contribution in [1.29, 1.82) is 0 Å². The third-order valence-corrected chi connectivity index (χ3v) is 9.00. The largest absolute Gasteiger partial charge is 0.496 e. The molecule has 12 nitrogen and oxygen atoms in total. The first-order valence-electron chi connectivity index (χ1n) is 18.0. The first-order chi connectivity index (χ1) is 25.2. The maximum Gasteiger partial charge on any atom is 0.251 e. The van der Waals surface area contributed by atoms with E-state index in [-0.39, 0.29) is 18.4 Å². The zero-order valence-electron chi connectivity index (χ0n) is 32.6. The van der Waals surface area contributed by atoms with Crippen LogP contribution in [0.15, 0.2) is 71.0 Å². The minimum Gasteiger partial charge on any atom is -0.496 e. The van der Waals surface area contributed by atoms with Gasteiger partial charge in [0.25, 0.3) is 5.91 Å². The van der Waals surface area contributed by atoms with Gasteiger partial charge in [0, 0.05) is 43.3 Å². The Morgan fingerprint density at radius 2 is 1.74 bits per heavy atom. The maximum absolute atomic E-state index is 13.2. The molecule has 7 N–H and O–H groups in total. The molecule has 0 aromatic heterocycles. The van der Waals surface area contributed by atoms with Gasteiger partial charge in [0.1, 0.15) is 11.8 Å². The van der Waals surface area contributed by atoms with E-state index in [0.29, 0.717) is 48.6 Å². The molecule has 0 fully saturated rings. The van der Waals surface area contributed by atoms with Gasteiger partial charge in [-0.05, 0) is 104 Å². The molecule has 3 unspecified atom stereocenters. The van der Waals surface area contributed by atoms with E-state index < -0.39 is 18.0 Å². The van der Waals surface area contributed by atoms with Crippen LogP contribution in [0, 0.1) is 6.92 Å². The molecule has 2 rings (SSSR count). The number of hydrogen-bond acceptors (Lipinski definition) is 8. The Balaban J connectivity index is 2.13. The number of aliphatic imine (C=N–C) groups is 2. The van der Waals surface area contributed by atoms with E-state index in [1.54, 1.807) is 34.1 Å². The number of unbranched alkanes of at least 4 members (excludes halogenated alkanes) is 1. The highest BCUT2D eigenvalue weighted by Crippen LogP contribution is 2.23. The lowest BCUT2D eigenvalue weighted by molar-refractivity contribution is -0.129. The summed E-state index contributed by atoms with van der Waals surface area (Å²) in [5, 5.41) is 15.9. The van der Waals surface area contributed by atoms with Gasteiger partial charge >= 0.3 is 0 Å². The molecule has 0 heterocycles. The van der Waals surface area contributed by atoms with E-state index in [1.807, 2.05) is 64.2 Å². The molecule has 2 aromatic carbocycles. The Labute approximate surface area is 318 Å². The number of benzene rings is 2. The molecule has 0 aliphatic carbocycles. The van der Waals surface area contributed by atoms with Gasteiger partial charge in [0.05, 0.1) is 18.9 Å². The highest BCUT2D eigenvalue weighted by molar-refractivity contribution is 7.27. The van der Waals surface area contributed by atoms with Crippen molar-refractivity contribution in [3.05, 3.63) is 83.2 Å². The second-order valence-corrected chi connectivity index (χ2v) is 13.4. The third kappa shape index (κ3) is 14.7. The minimum absolute atomic E-state index is 0.177. The Kier molecular flexibility index (Phi) is 19.3. The van der Waals surface area contributed by atoms with Gasteiger partial charge in [-0.15, -0.1) is 9.24 Å². The lowest BCUT2D eigenvalue weighted by Crippen LogP contribution is -2.54. The summed E-state index contributed by atoms with van der Waals surface area (Å²) >= 11 is 0. The van der Waals surface area contributed by atoms with Crippen LogP contribution in [-0.4, -0.2) is 75.9 Å². The van der Waals surface area contributed by atoms with Crippen LogP contribution in [0.4, 0.5) is 5.69 Å². The SMILES string of the molecule is BC(=C)NCC(NC(=O)C(C)N)C(=O)NCCCNC(=O)c1ccc(NC(=N/C=C\CCC)/C(C)=N/C=C(\C)c2ccc(OC)c(C)c2P)cc1CC. The normalized spacial score (nSPS) is 13.3. The van der Waals surface area contributed by atoms with Crippen molar-refractivity contribution in [1.82, 2.24) is 21.3 Å². The van der Waals surface area contributed by atoms with Crippen LogP contribution in [0.3, 0.4) is 0 Å². The van der Waals surface area contributed by atoms with Crippen LogP contribution in [0.2, 0.25) is 0 Å². The van der Waals surface area contributed by atoms with E-state index in [0.717, 1.165) is 51.8 Å². The number of amidine groups is 1. The third-order valence-electron chi connectivity index (χ3n) is 8.26. The molecule has 53 heavy (non-hydrogen) atoms. The first-order valence-corrected chi connectivity index (χ1v) is 18.6. The number of anilines is 1. The summed E-state index contributed by atoms with van der Waals surface area (Å²) in [5.41, 5.74) is 12.4. The molecule has 0 spiro atoms. The lowest BCUT2D eigenvalue weighted by atomic mass is 10.0. The quantitative estimate of drug-likeness (QED) is 0.0397. The number of aryl methyl sites for hydroxylation is 1. The van der Waals surface area contributed by atoms with E-state index in [4.69, 9.17) is 20.5 Å². The van der Waals surface area contributed by atoms with Crippen molar-refractivity contribution in [3.63, 3.8) is 0 Å². The fraction of sp³-hybridized carbons (Fsp3) is 0.410. The predicted molar refractivity (Wildman–Crippen MR) is 226 cm³/mol.